The Morgan fingerprint density at radius 1 is 1.22 bits per heavy atom. The van der Waals surface area contributed by atoms with E-state index in [0.29, 0.717) is 11.5 Å². The topological polar surface area (TPSA) is 65.9 Å². The van der Waals surface area contributed by atoms with Gasteiger partial charge in [0.05, 0.1) is 37.3 Å². The number of aromatic nitrogens is 4. The van der Waals surface area contributed by atoms with Crippen LogP contribution in [0, 0.1) is 6.92 Å². The number of para-hydroxylation sites is 2. The lowest BCUT2D eigenvalue weighted by Crippen LogP contribution is -3.14. The van der Waals surface area contributed by atoms with E-state index in [0.717, 1.165) is 50.4 Å². The molecule has 0 bridgehead atoms. The fraction of sp³-hybridized carbons (Fsp3) is 0.438. The molecule has 0 spiro atoms. The molecule has 1 fully saturated rings. The van der Waals surface area contributed by atoms with E-state index in [1.807, 2.05) is 18.2 Å². The van der Waals surface area contributed by atoms with Gasteiger partial charge in [-0.3, -0.25) is 4.79 Å². The highest BCUT2D eigenvalue weighted by Gasteiger charge is 2.17. The van der Waals surface area contributed by atoms with Crippen molar-refractivity contribution in [2.75, 3.05) is 32.8 Å². The van der Waals surface area contributed by atoms with Gasteiger partial charge in [0.2, 0.25) is 5.78 Å². The van der Waals surface area contributed by atoms with Gasteiger partial charge in [0, 0.05) is 0 Å². The highest BCUT2D eigenvalue weighted by Crippen LogP contribution is 2.17. The second-order valence-electron chi connectivity index (χ2n) is 5.97. The van der Waals surface area contributed by atoms with Crippen molar-refractivity contribution < 1.29 is 9.64 Å². The van der Waals surface area contributed by atoms with Crippen LogP contribution in [0.25, 0.3) is 16.8 Å². The molecule has 120 valence electrons. The van der Waals surface area contributed by atoms with E-state index in [1.54, 1.807) is 11.4 Å². The third-order valence-corrected chi connectivity index (χ3v) is 4.48. The minimum Gasteiger partial charge on any atom is -0.370 e. The van der Waals surface area contributed by atoms with Gasteiger partial charge in [0.15, 0.2) is 0 Å². The van der Waals surface area contributed by atoms with Crippen LogP contribution >= 0.6 is 0 Å². The van der Waals surface area contributed by atoms with E-state index in [2.05, 4.69) is 20.7 Å². The first-order valence-corrected chi connectivity index (χ1v) is 8.00. The minimum atomic E-state index is -0.257. The van der Waals surface area contributed by atoms with Crippen molar-refractivity contribution in [3.63, 3.8) is 0 Å². The third kappa shape index (κ3) is 2.51. The zero-order valence-electron chi connectivity index (χ0n) is 13.2. The highest BCUT2D eigenvalue weighted by molar-refractivity contribution is 5.80. The fourth-order valence-electron chi connectivity index (χ4n) is 3.17. The largest absolute Gasteiger partial charge is 0.370 e. The van der Waals surface area contributed by atoms with Gasteiger partial charge in [0.25, 0.3) is 5.56 Å². The van der Waals surface area contributed by atoms with Crippen LogP contribution in [-0.4, -0.2) is 52.0 Å². The second-order valence-corrected chi connectivity index (χ2v) is 5.97. The summed E-state index contributed by atoms with van der Waals surface area (Å²) >= 11 is 0. The van der Waals surface area contributed by atoms with Gasteiger partial charge >= 0.3 is 0 Å². The summed E-state index contributed by atoms with van der Waals surface area (Å²) in [5, 5.41) is 4.41. The van der Waals surface area contributed by atoms with Crippen LogP contribution in [0.1, 0.15) is 5.69 Å². The van der Waals surface area contributed by atoms with Crippen LogP contribution in [0.15, 0.2) is 29.1 Å². The molecule has 0 radical (unpaired) electrons. The average Bonchev–Trinajstić information content (AvgIpc) is 2.88. The van der Waals surface area contributed by atoms with Crippen molar-refractivity contribution in [1.29, 1.82) is 0 Å². The van der Waals surface area contributed by atoms with Gasteiger partial charge in [-0.2, -0.15) is 14.6 Å². The number of nitrogens with one attached hydrogen (secondary N) is 1. The van der Waals surface area contributed by atoms with Crippen LogP contribution < -0.4 is 10.5 Å². The molecule has 23 heavy (non-hydrogen) atoms. The monoisotopic (exact) mass is 314 g/mol. The molecule has 7 nitrogen and oxygen atoms in total. The SMILES string of the molecule is Cc1nn2c3ccccc3n(CC[NH+]3CCOCC3)c2nc1=O. The average molecular weight is 314 g/mol. The van der Waals surface area contributed by atoms with Gasteiger partial charge in [-0.25, -0.2) is 0 Å². The molecule has 1 aliphatic heterocycles. The molecule has 4 rings (SSSR count). The Kier molecular flexibility index (Phi) is 3.59. The van der Waals surface area contributed by atoms with Crippen molar-refractivity contribution in [3.8, 4) is 0 Å². The van der Waals surface area contributed by atoms with Crippen molar-refractivity contribution in [3.05, 3.63) is 40.3 Å². The molecule has 0 saturated carbocycles. The van der Waals surface area contributed by atoms with E-state index in [1.165, 1.54) is 4.90 Å². The Labute approximate surface area is 133 Å². The molecule has 0 unspecified atom stereocenters. The lowest BCUT2D eigenvalue weighted by atomic mass is 10.3. The van der Waals surface area contributed by atoms with Crippen LogP contribution in [0.2, 0.25) is 0 Å². The quantitative estimate of drug-likeness (QED) is 0.692. The van der Waals surface area contributed by atoms with Crippen molar-refractivity contribution in [1.82, 2.24) is 19.2 Å². The Morgan fingerprint density at radius 2 is 1.96 bits per heavy atom. The normalized spacial score (nSPS) is 16.4. The molecule has 3 aromatic rings. The Morgan fingerprint density at radius 3 is 2.74 bits per heavy atom. The number of rotatable bonds is 3. The summed E-state index contributed by atoms with van der Waals surface area (Å²) in [7, 11) is 0. The molecular formula is C16H20N5O2+. The first-order chi connectivity index (χ1) is 11.2. The number of quaternary nitrogens is 1. The molecule has 0 amide bonds. The summed E-state index contributed by atoms with van der Waals surface area (Å²) in [6, 6.07) is 8.05. The summed E-state index contributed by atoms with van der Waals surface area (Å²) in [6.45, 7) is 7.20. The standard InChI is InChI=1S/C16H19N5O2/c1-12-15(22)17-16-20(7-6-19-8-10-23-11-9-19)13-4-2-3-5-14(13)21(16)18-12/h2-5H,6-11H2,1H3/p+1. The maximum atomic E-state index is 11.9. The van der Waals surface area contributed by atoms with Crippen molar-refractivity contribution in [2.24, 2.45) is 0 Å². The number of benzene rings is 1. The summed E-state index contributed by atoms with van der Waals surface area (Å²) in [5.41, 5.74) is 2.21. The molecular weight excluding hydrogens is 294 g/mol. The Bertz CT molecular complexity index is 908. The molecule has 1 N–H and O–H groups in total. The molecule has 1 aromatic carbocycles. The fourth-order valence-corrected chi connectivity index (χ4v) is 3.17. The van der Waals surface area contributed by atoms with Crippen LogP contribution in [0.4, 0.5) is 0 Å². The minimum absolute atomic E-state index is 0.257. The molecule has 1 aliphatic rings. The maximum Gasteiger partial charge on any atom is 0.296 e. The number of fused-ring (bicyclic) bond motifs is 3. The number of imidazole rings is 1. The molecule has 7 heteroatoms. The highest BCUT2D eigenvalue weighted by atomic mass is 16.5. The lowest BCUT2D eigenvalue weighted by Gasteiger charge is -2.23. The number of ether oxygens (including phenoxy) is 1. The molecule has 3 heterocycles. The zero-order valence-corrected chi connectivity index (χ0v) is 13.2. The van der Waals surface area contributed by atoms with E-state index in [9.17, 15) is 4.79 Å². The summed E-state index contributed by atoms with van der Waals surface area (Å²) in [6.07, 6.45) is 0. The predicted octanol–water partition coefficient (Wildman–Crippen LogP) is -0.732. The summed E-state index contributed by atoms with van der Waals surface area (Å²) < 4.78 is 9.29. The van der Waals surface area contributed by atoms with E-state index in [-0.39, 0.29) is 5.56 Å². The van der Waals surface area contributed by atoms with Crippen LogP contribution in [0.5, 0.6) is 0 Å². The van der Waals surface area contributed by atoms with Crippen molar-refractivity contribution >= 4 is 16.8 Å². The summed E-state index contributed by atoms with van der Waals surface area (Å²) in [5.74, 6) is 0.620. The first kappa shape index (κ1) is 14.3. The van der Waals surface area contributed by atoms with E-state index in [4.69, 9.17) is 4.74 Å². The van der Waals surface area contributed by atoms with Gasteiger partial charge in [-0.1, -0.05) is 12.1 Å². The van der Waals surface area contributed by atoms with Gasteiger partial charge in [0.1, 0.15) is 18.8 Å². The van der Waals surface area contributed by atoms with E-state index < -0.39 is 0 Å². The molecule has 1 saturated heterocycles. The molecule has 0 atom stereocenters. The number of morpholine rings is 1. The number of hydrogen-bond donors (Lipinski definition) is 1. The third-order valence-electron chi connectivity index (χ3n) is 4.48. The molecule has 0 aliphatic carbocycles. The predicted molar refractivity (Wildman–Crippen MR) is 85.9 cm³/mol. The summed E-state index contributed by atoms with van der Waals surface area (Å²) in [4.78, 5) is 17.7. The van der Waals surface area contributed by atoms with E-state index >= 15 is 0 Å². The van der Waals surface area contributed by atoms with Gasteiger partial charge in [-0.05, 0) is 19.1 Å². The van der Waals surface area contributed by atoms with Crippen LogP contribution in [0.3, 0.4) is 0 Å². The zero-order chi connectivity index (χ0) is 15.8. The number of hydrogen-bond acceptors (Lipinski definition) is 4. The van der Waals surface area contributed by atoms with Gasteiger partial charge in [-0.15, -0.1) is 0 Å². The maximum absolute atomic E-state index is 11.9. The Balaban J connectivity index is 1.79. The van der Waals surface area contributed by atoms with Crippen molar-refractivity contribution in [2.45, 2.75) is 13.5 Å². The second kappa shape index (κ2) is 5.75. The number of aryl methyl sites for hydroxylation is 1. The molecule has 2 aromatic heterocycles. The number of nitrogens with zero attached hydrogens (tertiary/aromatic N) is 4. The lowest BCUT2D eigenvalue weighted by molar-refractivity contribution is -0.908. The van der Waals surface area contributed by atoms with Gasteiger partial charge < -0.3 is 14.2 Å². The first-order valence-electron chi connectivity index (χ1n) is 8.00. The smallest absolute Gasteiger partial charge is 0.296 e. The van der Waals surface area contributed by atoms with Crippen LogP contribution in [-0.2, 0) is 11.3 Å². The Hall–Kier alpha value is -2.25.